The molecule has 190 valence electrons. The number of hydrogen-bond donors (Lipinski definition) is 2. The molecule has 1 aromatic heterocycles. The molecule has 3 rings (SSSR count). The van der Waals surface area contributed by atoms with Crippen molar-refractivity contribution in [1.82, 2.24) is 10.2 Å². The van der Waals surface area contributed by atoms with E-state index in [0.29, 0.717) is 23.5 Å². The molecule has 0 bridgehead atoms. The van der Waals surface area contributed by atoms with Crippen LogP contribution in [0, 0.1) is 0 Å². The maximum Gasteiger partial charge on any atom is 0.404 e. The first-order valence-corrected chi connectivity index (χ1v) is 11.6. The zero-order valence-corrected chi connectivity index (χ0v) is 20.2. The highest BCUT2D eigenvalue weighted by Crippen LogP contribution is 2.40. The van der Waals surface area contributed by atoms with Gasteiger partial charge in [-0.05, 0) is 12.1 Å². The molecule has 3 atom stereocenters. The number of nitrogens with one attached hydrogen (secondary N) is 1. The fraction of sp³-hybridized carbons (Fsp3) is 0.476. The summed E-state index contributed by atoms with van der Waals surface area (Å²) in [6.45, 7) is 2.48. The average molecular weight is 511 g/mol. The molecule has 2 aliphatic heterocycles. The van der Waals surface area contributed by atoms with Crippen LogP contribution in [0.2, 0.25) is 0 Å². The smallest absolute Gasteiger partial charge is 0.404 e. The third-order valence-electron chi connectivity index (χ3n) is 4.94. The van der Waals surface area contributed by atoms with Crippen molar-refractivity contribution in [2.45, 2.75) is 38.0 Å². The number of hydrogen-bond acceptors (Lipinski definition) is 12. The van der Waals surface area contributed by atoms with E-state index in [1.807, 2.05) is 0 Å². The molecule has 2 unspecified atom stereocenters. The summed E-state index contributed by atoms with van der Waals surface area (Å²) >= 11 is 1.38. The molecule has 0 aliphatic carbocycles. The molecule has 14 heteroatoms. The number of ether oxygens (including phenoxy) is 3. The number of nitrogens with two attached hydrogens (primary N) is 1. The van der Waals surface area contributed by atoms with Crippen LogP contribution in [-0.2, 0) is 39.9 Å². The monoisotopic (exact) mass is 510 g/mol. The number of β-lactam (4-membered cyclic amide) rings is 1. The Labute approximate surface area is 204 Å². The average Bonchev–Trinajstić information content (AvgIpc) is 3.29. The topological polar surface area (TPSA) is 172 Å². The Balaban J connectivity index is 1.72. The summed E-state index contributed by atoms with van der Waals surface area (Å²) in [6.07, 6.45) is -0.273. The molecule has 1 fully saturated rings. The Kier molecular flexibility index (Phi) is 8.76. The fourth-order valence-corrected chi connectivity index (χ4v) is 4.91. The summed E-state index contributed by atoms with van der Waals surface area (Å²) in [5.41, 5.74) is 5.93. The van der Waals surface area contributed by atoms with Crippen LogP contribution in [0.3, 0.4) is 0 Å². The lowest BCUT2D eigenvalue weighted by Crippen LogP contribution is -2.70. The molecule has 0 radical (unpaired) electrons. The van der Waals surface area contributed by atoms with E-state index in [1.165, 1.54) is 37.6 Å². The Bertz CT molecular complexity index is 1020. The molecule has 13 nitrogen and oxygen atoms in total. The van der Waals surface area contributed by atoms with E-state index in [2.05, 4.69) is 10.5 Å². The Hall–Kier alpha value is -3.52. The van der Waals surface area contributed by atoms with E-state index in [1.54, 1.807) is 18.4 Å². The summed E-state index contributed by atoms with van der Waals surface area (Å²) in [5.74, 6) is -0.956. The molecule has 3 heterocycles. The summed E-state index contributed by atoms with van der Waals surface area (Å²) in [6, 6.07) is 2.94. The lowest BCUT2D eigenvalue weighted by atomic mass is 10.0. The van der Waals surface area contributed by atoms with Crippen molar-refractivity contribution in [1.29, 1.82) is 0 Å². The first kappa shape index (κ1) is 26.1. The van der Waals surface area contributed by atoms with Gasteiger partial charge in [-0.1, -0.05) is 5.16 Å². The molecule has 0 spiro atoms. The van der Waals surface area contributed by atoms with Gasteiger partial charge in [0.2, 0.25) is 12.2 Å². The summed E-state index contributed by atoms with van der Waals surface area (Å²) in [5, 5.41) is 6.70. The summed E-state index contributed by atoms with van der Waals surface area (Å²) < 4.78 is 20.2. The number of fused-ring (bicyclic) bond motifs is 1. The van der Waals surface area contributed by atoms with Gasteiger partial charge in [-0.25, -0.2) is 9.59 Å². The molecule has 2 amide bonds. The number of primary amides is 1. The highest BCUT2D eigenvalue weighted by Gasteiger charge is 2.54. The van der Waals surface area contributed by atoms with Crippen LogP contribution in [-0.4, -0.2) is 78.3 Å². The van der Waals surface area contributed by atoms with Gasteiger partial charge in [-0.2, -0.15) is 0 Å². The largest absolute Gasteiger partial charge is 0.469 e. The van der Waals surface area contributed by atoms with Crippen molar-refractivity contribution < 1.29 is 42.6 Å². The second-order valence-corrected chi connectivity index (χ2v) is 8.61. The number of oxime groups is 1. The van der Waals surface area contributed by atoms with Crippen LogP contribution in [0.4, 0.5) is 4.79 Å². The van der Waals surface area contributed by atoms with Crippen molar-refractivity contribution in [3.8, 4) is 0 Å². The highest BCUT2D eigenvalue weighted by atomic mass is 32.2. The number of nitrogens with zero attached hydrogens (tertiary/aromatic N) is 2. The molecule has 0 saturated carbocycles. The van der Waals surface area contributed by atoms with Gasteiger partial charge in [-0.15, -0.1) is 11.8 Å². The van der Waals surface area contributed by atoms with Gasteiger partial charge in [-0.3, -0.25) is 19.8 Å². The minimum Gasteiger partial charge on any atom is -0.469 e. The predicted octanol–water partition coefficient (Wildman–Crippen LogP) is 0.500. The van der Waals surface area contributed by atoms with Gasteiger partial charge in [0, 0.05) is 38.1 Å². The van der Waals surface area contributed by atoms with Crippen LogP contribution in [0.1, 0.15) is 19.6 Å². The minimum absolute atomic E-state index is 0.0709. The molecule has 1 saturated heterocycles. The van der Waals surface area contributed by atoms with Gasteiger partial charge in [0.1, 0.15) is 36.6 Å². The zero-order valence-electron chi connectivity index (χ0n) is 19.3. The quantitative estimate of drug-likeness (QED) is 0.140. The van der Waals surface area contributed by atoms with E-state index in [9.17, 15) is 19.2 Å². The lowest BCUT2D eigenvalue weighted by Gasteiger charge is -2.50. The molecular formula is C21H26N4O9S. The minimum atomic E-state index is -1.18. The number of carbonyl (C=O) groups excluding carboxylic acids is 4. The number of rotatable bonds is 11. The van der Waals surface area contributed by atoms with Gasteiger partial charge < -0.3 is 29.2 Å². The van der Waals surface area contributed by atoms with Crippen LogP contribution in [0.25, 0.3) is 0 Å². The van der Waals surface area contributed by atoms with E-state index in [-0.39, 0.29) is 30.5 Å². The highest BCUT2D eigenvalue weighted by molar-refractivity contribution is 8.00. The molecule has 0 aromatic carbocycles. The SMILES string of the molecule is CO/N=C(\CN[C@@H]1C(=O)N2C(C(=O)OC(C)OC(C)=O)=C(COC(N)=O)CSC12)Cc1ccco1. The number of thioether (sulfide) groups is 1. The van der Waals surface area contributed by atoms with Crippen molar-refractivity contribution >= 4 is 41.4 Å². The Morgan fingerprint density at radius 3 is 2.77 bits per heavy atom. The number of furan rings is 1. The third kappa shape index (κ3) is 6.54. The normalized spacial score (nSPS) is 20.5. The van der Waals surface area contributed by atoms with Crippen molar-refractivity contribution in [3.05, 3.63) is 35.4 Å². The fourth-order valence-electron chi connectivity index (χ4n) is 3.56. The van der Waals surface area contributed by atoms with Crippen molar-refractivity contribution in [2.75, 3.05) is 26.0 Å². The van der Waals surface area contributed by atoms with Gasteiger partial charge in [0.25, 0.3) is 0 Å². The molecule has 2 aliphatic rings. The van der Waals surface area contributed by atoms with Gasteiger partial charge in [0.15, 0.2) is 0 Å². The van der Waals surface area contributed by atoms with Crippen molar-refractivity contribution in [2.24, 2.45) is 10.9 Å². The third-order valence-corrected chi connectivity index (χ3v) is 6.28. The van der Waals surface area contributed by atoms with Gasteiger partial charge >= 0.3 is 18.0 Å². The van der Waals surface area contributed by atoms with E-state index in [4.69, 9.17) is 29.2 Å². The number of esters is 2. The number of carbonyl (C=O) groups is 4. The maximum absolute atomic E-state index is 13.0. The lowest BCUT2D eigenvalue weighted by molar-refractivity contribution is -0.182. The second kappa shape index (κ2) is 11.8. The van der Waals surface area contributed by atoms with Gasteiger partial charge in [0.05, 0.1) is 12.0 Å². The van der Waals surface area contributed by atoms with Crippen LogP contribution < -0.4 is 11.1 Å². The van der Waals surface area contributed by atoms with Crippen LogP contribution in [0.15, 0.2) is 39.2 Å². The molecule has 1 aromatic rings. The van der Waals surface area contributed by atoms with E-state index >= 15 is 0 Å². The van der Waals surface area contributed by atoms with E-state index in [0.717, 1.165) is 0 Å². The first-order chi connectivity index (χ1) is 16.7. The Morgan fingerprint density at radius 2 is 2.14 bits per heavy atom. The summed E-state index contributed by atoms with van der Waals surface area (Å²) in [7, 11) is 1.42. The van der Waals surface area contributed by atoms with E-state index < -0.39 is 35.7 Å². The van der Waals surface area contributed by atoms with Crippen LogP contribution in [0.5, 0.6) is 0 Å². The predicted molar refractivity (Wildman–Crippen MR) is 122 cm³/mol. The Morgan fingerprint density at radius 1 is 1.37 bits per heavy atom. The summed E-state index contributed by atoms with van der Waals surface area (Å²) in [4.78, 5) is 54.4. The van der Waals surface area contributed by atoms with Crippen LogP contribution >= 0.6 is 11.8 Å². The molecule has 3 N–H and O–H groups in total. The second-order valence-electron chi connectivity index (χ2n) is 7.51. The maximum atomic E-state index is 13.0. The van der Waals surface area contributed by atoms with Crippen molar-refractivity contribution in [3.63, 3.8) is 0 Å². The standard InChI is InChI=1S/C21H26N4O9S/c1-11(26)33-12(2)34-20(28)17-13(9-32-21(22)29)10-35-19-16(18(27)25(17)19)23-8-14(24-30-3)7-15-5-4-6-31-15/h4-6,12,16,19,23H,7-10H2,1-3H3,(H2,22,29)/b24-14-/t12?,16-,19?/m1/s1. The molecular weight excluding hydrogens is 484 g/mol. The number of amides is 2. The molecule has 35 heavy (non-hydrogen) atoms. The first-order valence-electron chi connectivity index (χ1n) is 10.5. The zero-order chi connectivity index (χ0) is 25.5.